The highest BCUT2D eigenvalue weighted by Gasteiger charge is 2.12. The van der Waals surface area contributed by atoms with E-state index in [1.807, 2.05) is 69.3 Å². The molecule has 0 aromatic heterocycles. The summed E-state index contributed by atoms with van der Waals surface area (Å²) in [4.78, 5) is 12.1. The highest BCUT2D eigenvalue weighted by Crippen LogP contribution is 2.12. The number of rotatable bonds is 4. The Morgan fingerprint density at radius 1 is 0.850 bits per heavy atom. The lowest BCUT2D eigenvalue weighted by molar-refractivity contribution is -0.116. The summed E-state index contributed by atoms with van der Waals surface area (Å²) in [6, 6.07) is 15.5. The summed E-state index contributed by atoms with van der Waals surface area (Å²) in [6.07, 6.45) is 0. The Kier molecular flexibility index (Phi) is 4.41. The van der Waals surface area contributed by atoms with E-state index in [0.717, 1.165) is 11.4 Å². The number of benzene rings is 2. The van der Waals surface area contributed by atoms with E-state index in [0.29, 0.717) is 0 Å². The van der Waals surface area contributed by atoms with Crippen LogP contribution in [0.2, 0.25) is 0 Å². The number of amides is 1. The van der Waals surface area contributed by atoms with Gasteiger partial charge in [0.05, 0.1) is 0 Å². The van der Waals surface area contributed by atoms with Crippen molar-refractivity contribution in [3.05, 3.63) is 59.7 Å². The second kappa shape index (κ2) is 6.24. The van der Waals surface area contributed by atoms with Crippen LogP contribution in [0.5, 0.6) is 0 Å². The van der Waals surface area contributed by atoms with Gasteiger partial charge in [0.1, 0.15) is 6.04 Å². The van der Waals surface area contributed by atoms with Gasteiger partial charge in [0.2, 0.25) is 5.91 Å². The van der Waals surface area contributed by atoms with Gasteiger partial charge in [-0.15, -0.1) is 0 Å². The SMILES string of the molecule is Cc1ccc(NC(=O)C(C)Nc2ccc(C)cc2)cc1. The normalized spacial score (nSPS) is 11.8. The fraction of sp³-hybridized carbons (Fsp3) is 0.235. The minimum Gasteiger partial charge on any atom is -0.374 e. The Balaban J connectivity index is 1.94. The molecule has 3 heteroatoms. The second-order valence-corrected chi connectivity index (χ2v) is 5.09. The van der Waals surface area contributed by atoms with Gasteiger partial charge >= 0.3 is 0 Å². The fourth-order valence-corrected chi connectivity index (χ4v) is 1.85. The number of aryl methyl sites for hydroxylation is 2. The van der Waals surface area contributed by atoms with Gasteiger partial charge in [0.15, 0.2) is 0 Å². The number of nitrogens with one attached hydrogen (secondary N) is 2. The number of hydrogen-bond acceptors (Lipinski definition) is 2. The summed E-state index contributed by atoms with van der Waals surface area (Å²) in [5.41, 5.74) is 4.14. The second-order valence-electron chi connectivity index (χ2n) is 5.09. The summed E-state index contributed by atoms with van der Waals surface area (Å²) in [5.74, 6) is -0.0468. The smallest absolute Gasteiger partial charge is 0.246 e. The summed E-state index contributed by atoms with van der Waals surface area (Å²) < 4.78 is 0. The van der Waals surface area contributed by atoms with Gasteiger partial charge in [-0.1, -0.05) is 35.4 Å². The highest BCUT2D eigenvalue weighted by molar-refractivity contribution is 5.96. The third-order valence-corrected chi connectivity index (χ3v) is 3.15. The van der Waals surface area contributed by atoms with E-state index in [1.165, 1.54) is 11.1 Å². The molecule has 0 spiro atoms. The van der Waals surface area contributed by atoms with Crippen molar-refractivity contribution in [3.63, 3.8) is 0 Å². The molecule has 0 saturated heterocycles. The van der Waals surface area contributed by atoms with Gasteiger partial charge in [-0.2, -0.15) is 0 Å². The third-order valence-electron chi connectivity index (χ3n) is 3.15. The lowest BCUT2D eigenvalue weighted by Crippen LogP contribution is -2.31. The maximum Gasteiger partial charge on any atom is 0.246 e. The molecule has 3 nitrogen and oxygen atoms in total. The van der Waals surface area contributed by atoms with Crippen molar-refractivity contribution in [2.45, 2.75) is 26.8 Å². The average Bonchev–Trinajstić information content (AvgIpc) is 2.44. The standard InChI is InChI=1S/C17H20N2O/c1-12-4-8-15(9-5-12)18-14(3)17(20)19-16-10-6-13(2)7-11-16/h4-11,14,18H,1-3H3,(H,19,20). The molecule has 0 aliphatic carbocycles. The maximum atomic E-state index is 12.1. The Labute approximate surface area is 120 Å². The zero-order valence-corrected chi connectivity index (χ0v) is 12.1. The summed E-state index contributed by atoms with van der Waals surface area (Å²) >= 11 is 0. The fourth-order valence-electron chi connectivity index (χ4n) is 1.85. The molecule has 0 heterocycles. The molecule has 2 aromatic rings. The zero-order valence-electron chi connectivity index (χ0n) is 12.1. The molecule has 104 valence electrons. The number of anilines is 2. The van der Waals surface area contributed by atoms with Crippen molar-refractivity contribution < 1.29 is 4.79 Å². The van der Waals surface area contributed by atoms with Crippen LogP contribution in [-0.2, 0) is 4.79 Å². The van der Waals surface area contributed by atoms with Crippen molar-refractivity contribution in [1.29, 1.82) is 0 Å². The number of carbonyl (C=O) groups is 1. The van der Waals surface area contributed by atoms with Crippen LogP contribution in [0.15, 0.2) is 48.5 Å². The Hall–Kier alpha value is -2.29. The summed E-state index contributed by atoms with van der Waals surface area (Å²) in [6.45, 7) is 5.91. The monoisotopic (exact) mass is 268 g/mol. The average molecular weight is 268 g/mol. The Morgan fingerprint density at radius 2 is 1.30 bits per heavy atom. The maximum absolute atomic E-state index is 12.1. The molecule has 20 heavy (non-hydrogen) atoms. The molecule has 1 amide bonds. The molecule has 1 atom stereocenters. The van der Waals surface area contributed by atoms with Gasteiger partial charge in [0.25, 0.3) is 0 Å². The highest BCUT2D eigenvalue weighted by atomic mass is 16.2. The molecule has 2 aromatic carbocycles. The van der Waals surface area contributed by atoms with Crippen LogP contribution in [0.4, 0.5) is 11.4 Å². The lowest BCUT2D eigenvalue weighted by atomic mass is 10.2. The van der Waals surface area contributed by atoms with Crippen LogP contribution >= 0.6 is 0 Å². The van der Waals surface area contributed by atoms with E-state index in [4.69, 9.17) is 0 Å². The topological polar surface area (TPSA) is 41.1 Å². The molecule has 0 aliphatic rings. The van der Waals surface area contributed by atoms with Crippen LogP contribution < -0.4 is 10.6 Å². The van der Waals surface area contributed by atoms with Crippen LogP contribution in [0.1, 0.15) is 18.1 Å². The predicted molar refractivity (Wildman–Crippen MR) is 84.1 cm³/mol. The first-order valence-corrected chi connectivity index (χ1v) is 6.75. The van der Waals surface area contributed by atoms with Crippen LogP contribution in [0, 0.1) is 13.8 Å². The van der Waals surface area contributed by atoms with Crippen molar-refractivity contribution >= 4 is 17.3 Å². The first-order valence-electron chi connectivity index (χ1n) is 6.75. The first-order chi connectivity index (χ1) is 9.54. The van der Waals surface area contributed by atoms with E-state index in [-0.39, 0.29) is 11.9 Å². The van der Waals surface area contributed by atoms with Crippen molar-refractivity contribution in [2.75, 3.05) is 10.6 Å². The molecule has 1 unspecified atom stereocenters. The predicted octanol–water partition coefficient (Wildman–Crippen LogP) is 3.74. The lowest BCUT2D eigenvalue weighted by Gasteiger charge is -2.15. The van der Waals surface area contributed by atoms with Crippen molar-refractivity contribution in [2.24, 2.45) is 0 Å². The van der Waals surface area contributed by atoms with Crippen LogP contribution in [0.3, 0.4) is 0 Å². The molecule has 0 aliphatic heterocycles. The Bertz CT molecular complexity index is 573. The number of hydrogen-bond donors (Lipinski definition) is 2. The van der Waals surface area contributed by atoms with Gasteiger partial charge in [-0.3, -0.25) is 4.79 Å². The quantitative estimate of drug-likeness (QED) is 0.886. The number of carbonyl (C=O) groups excluding carboxylic acids is 1. The summed E-state index contributed by atoms with van der Waals surface area (Å²) in [7, 11) is 0. The van der Waals surface area contributed by atoms with Gasteiger partial charge in [-0.05, 0) is 45.0 Å². The van der Waals surface area contributed by atoms with Gasteiger partial charge < -0.3 is 10.6 Å². The van der Waals surface area contributed by atoms with Gasteiger partial charge in [-0.25, -0.2) is 0 Å². The molecule has 0 saturated carbocycles. The van der Waals surface area contributed by atoms with Gasteiger partial charge in [0, 0.05) is 11.4 Å². The molecular formula is C17H20N2O. The molecule has 2 N–H and O–H groups in total. The van der Waals surface area contributed by atoms with E-state index >= 15 is 0 Å². The third kappa shape index (κ3) is 3.85. The minimum atomic E-state index is -0.293. The van der Waals surface area contributed by atoms with Crippen molar-refractivity contribution in [1.82, 2.24) is 0 Å². The molecule has 2 rings (SSSR count). The summed E-state index contributed by atoms with van der Waals surface area (Å²) in [5, 5.41) is 6.09. The minimum absolute atomic E-state index is 0.0468. The first kappa shape index (κ1) is 14.1. The van der Waals surface area contributed by atoms with Crippen LogP contribution in [0.25, 0.3) is 0 Å². The molecule has 0 radical (unpaired) electrons. The van der Waals surface area contributed by atoms with E-state index in [2.05, 4.69) is 10.6 Å². The molecular weight excluding hydrogens is 248 g/mol. The van der Waals surface area contributed by atoms with Crippen molar-refractivity contribution in [3.8, 4) is 0 Å². The zero-order chi connectivity index (χ0) is 14.5. The van der Waals surface area contributed by atoms with E-state index in [9.17, 15) is 4.79 Å². The Morgan fingerprint density at radius 3 is 1.80 bits per heavy atom. The largest absolute Gasteiger partial charge is 0.374 e. The molecule has 0 bridgehead atoms. The van der Waals surface area contributed by atoms with Crippen LogP contribution in [-0.4, -0.2) is 11.9 Å². The van der Waals surface area contributed by atoms with E-state index in [1.54, 1.807) is 0 Å². The molecule has 0 fully saturated rings. The van der Waals surface area contributed by atoms with E-state index < -0.39 is 0 Å².